The molecule has 1 amide bonds. The molecule has 0 fully saturated rings. The molecule has 0 saturated carbocycles. The number of alkyl halides is 3. The lowest BCUT2D eigenvalue weighted by molar-refractivity contribution is -0.137. The van der Waals surface area contributed by atoms with Crippen LogP contribution in [0.25, 0.3) is 5.65 Å². The number of ether oxygens (including phenoxy) is 1. The molecule has 0 aliphatic rings. The zero-order valence-corrected chi connectivity index (χ0v) is 14.9. The van der Waals surface area contributed by atoms with E-state index in [0.29, 0.717) is 17.0 Å². The Hall–Kier alpha value is -3.47. The highest BCUT2D eigenvalue weighted by Gasteiger charge is 2.30. The normalized spacial score (nSPS) is 11.0. The van der Waals surface area contributed by atoms with Gasteiger partial charge in [-0.15, -0.1) is 0 Å². The van der Waals surface area contributed by atoms with Crippen molar-refractivity contribution in [3.8, 4) is 17.6 Å². The topological polar surface area (TPSA) is 55.6 Å². The number of aryl methyl sites for hydroxylation is 1. The van der Waals surface area contributed by atoms with Gasteiger partial charge in [0.2, 0.25) is 0 Å². The molecule has 2 heterocycles. The maximum absolute atomic E-state index is 12.6. The monoisotopic (exact) mass is 387 g/mol. The summed E-state index contributed by atoms with van der Waals surface area (Å²) in [6, 6.07) is 10.0. The Morgan fingerprint density at radius 2 is 2.04 bits per heavy atom. The third-order valence-corrected chi connectivity index (χ3v) is 3.85. The smallest absolute Gasteiger partial charge is 0.416 e. The standard InChI is InChI=1S/C20H16F3N3O2/c1-14-18(26-11-4-2-9-17(26)25-14)19(27)24-10-3-5-12-28-16-8-6-7-15(13-16)20(21,22)23/h2,4,6-9,11,13H,10,12H2,1H3,(H,24,27). The van der Waals surface area contributed by atoms with Gasteiger partial charge in [0.05, 0.1) is 17.8 Å². The van der Waals surface area contributed by atoms with E-state index in [2.05, 4.69) is 22.1 Å². The Morgan fingerprint density at radius 3 is 2.82 bits per heavy atom. The summed E-state index contributed by atoms with van der Waals surface area (Å²) in [4.78, 5) is 16.7. The molecule has 0 bridgehead atoms. The van der Waals surface area contributed by atoms with Gasteiger partial charge in [-0.05, 0) is 37.3 Å². The van der Waals surface area contributed by atoms with E-state index in [1.807, 2.05) is 6.07 Å². The summed E-state index contributed by atoms with van der Waals surface area (Å²) in [7, 11) is 0. The van der Waals surface area contributed by atoms with E-state index in [9.17, 15) is 18.0 Å². The lowest BCUT2D eigenvalue weighted by atomic mass is 10.2. The van der Waals surface area contributed by atoms with Crippen LogP contribution < -0.4 is 10.1 Å². The SMILES string of the molecule is Cc1nc2ccccn2c1C(=O)NCC#CCOc1cccc(C(F)(F)F)c1. The van der Waals surface area contributed by atoms with Crippen molar-refractivity contribution < 1.29 is 22.7 Å². The third kappa shape index (κ3) is 4.43. The molecule has 0 spiro atoms. The quantitative estimate of drug-likeness (QED) is 0.698. The van der Waals surface area contributed by atoms with Crippen LogP contribution in [0, 0.1) is 18.8 Å². The predicted molar refractivity (Wildman–Crippen MR) is 97.0 cm³/mol. The largest absolute Gasteiger partial charge is 0.481 e. The lowest BCUT2D eigenvalue weighted by Gasteiger charge is -2.08. The number of amides is 1. The average molecular weight is 387 g/mol. The number of pyridine rings is 1. The fraction of sp³-hybridized carbons (Fsp3) is 0.200. The Bertz CT molecular complexity index is 1060. The summed E-state index contributed by atoms with van der Waals surface area (Å²) in [6.07, 6.45) is -2.68. The number of imidazole rings is 1. The molecule has 5 nitrogen and oxygen atoms in total. The fourth-order valence-corrected chi connectivity index (χ4v) is 2.59. The van der Waals surface area contributed by atoms with E-state index in [1.165, 1.54) is 12.1 Å². The molecule has 0 saturated heterocycles. The zero-order chi connectivity index (χ0) is 20.1. The van der Waals surface area contributed by atoms with Crippen LogP contribution >= 0.6 is 0 Å². The maximum Gasteiger partial charge on any atom is 0.416 e. The summed E-state index contributed by atoms with van der Waals surface area (Å²) in [6.45, 7) is 1.73. The second-order valence-electron chi connectivity index (χ2n) is 5.83. The zero-order valence-electron chi connectivity index (χ0n) is 14.9. The molecule has 1 aromatic carbocycles. The third-order valence-electron chi connectivity index (χ3n) is 3.85. The molecule has 0 unspecified atom stereocenters. The van der Waals surface area contributed by atoms with Crippen molar-refractivity contribution in [1.29, 1.82) is 0 Å². The van der Waals surface area contributed by atoms with Gasteiger partial charge in [0.1, 0.15) is 23.7 Å². The van der Waals surface area contributed by atoms with E-state index < -0.39 is 11.7 Å². The van der Waals surface area contributed by atoms with Crippen LogP contribution in [0.15, 0.2) is 48.7 Å². The van der Waals surface area contributed by atoms with Crippen molar-refractivity contribution in [2.24, 2.45) is 0 Å². The Balaban J connectivity index is 1.53. The van der Waals surface area contributed by atoms with Crippen LogP contribution in [0.3, 0.4) is 0 Å². The Morgan fingerprint density at radius 1 is 1.21 bits per heavy atom. The van der Waals surface area contributed by atoms with E-state index in [1.54, 1.807) is 29.7 Å². The number of carbonyl (C=O) groups excluding carboxylic acids is 1. The highest BCUT2D eigenvalue weighted by atomic mass is 19.4. The number of halogens is 3. The van der Waals surface area contributed by atoms with Gasteiger partial charge in [-0.3, -0.25) is 9.20 Å². The number of nitrogens with zero attached hydrogens (tertiary/aromatic N) is 2. The number of carbonyl (C=O) groups is 1. The van der Waals surface area contributed by atoms with Gasteiger partial charge >= 0.3 is 6.18 Å². The van der Waals surface area contributed by atoms with E-state index in [0.717, 1.165) is 12.1 Å². The van der Waals surface area contributed by atoms with Crippen LogP contribution in [0.1, 0.15) is 21.7 Å². The number of aromatic nitrogens is 2. The van der Waals surface area contributed by atoms with Crippen LogP contribution in [-0.2, 0) is 6.18 Å². The molecular weight excluding hydrogens is 371 g/mol. The van der Waals surface area contributed by atoms with E-state index >= 15 is 0 Å². The minimum Gasteiger partial charge on any atom is -0.481 e. The lowest BCUT2D eigenvalue weighted by Crippen LogP contribution is -2.25. The van der Waals surface area contributed by atoms with Crippen LogP contribution in [0.2, 0.25) is 0 Å². The molecule has 144 valence electrons. The first-order valence-electron chi connectivity index (χ1n) is 8.34. The number of fused-ring (bicyclic) bond motifs is 1. The van der Waals surface area contributed by atoms with Crippen molar-refractivity contribution in [2.45, 2.75) is 13.1 Å². The highest BCUT2D eigenvalue weighted by Crippen LogP contribution is 2.31. The second-order valence-corrected chi connectivity index (χ2v) is 5.83. The maximum atomic E-state index is 12.6. The molecular formula is C20H16F3N3O2. The summed E-state index contributed by atoms with van der Waals surface area (Å²) in [5, 5.41) is 2.67. The van der Waals surface area contributed by atoms with Crippen molar-refractivity contribution in [3.63, 3.8) is 0 Å². The van der Waals surface area contributed by atoms with Crippen LogP contribution in [0.4, 0.5) is 13.2 Å². The fourth-order valence-electron chi connectivity index (χ4n) is 2.59. The minimum atomic E-state index is -4.43. The van der Waals surface area contributed by atoms with Gasteiger partial charge in [-0.2, -0.15) is 13.2 Å². The van der Waals surface area contributed by atoms with Crippen molar-refractivity contribution in [3.05, 3.63) is 65.6 Å². The first-order valence-corrected chi connectivity index (χ1v) is 8.34. The number of benzene rings is 1. The molecule has 3 rings (SSSR count). The summed E-state index contributed by atoms with van der Waals surface area (Å²) in [5.74, 6) is 5.12. The molecule has 3 aromatic rings. The molecule has 1 N–H and O–H groups in total. The second kappa shape index (κ2) is 8.05. The molecule has 0 aliphatic heterocycles. The van der Waals surface area contributed by atoms with Crippen molar-refractivity contribution in [1.82, 2.24) is 14.7 Å². The molecule has 0 aliphatic carbocycles. The summed E-state index contributed by atoms with van der Waals surface area (Å²) >= 11 is 0. The number of hydrogen-bond donors (Lipinski definition) is 1. The van der Waals surface area contributed by atoms with Crippen molar-refractivity contribution >= 4 is 11.6 Å². The number of hydrogen-bond acceptors (Lipinski definition) is 3. The van der Waals surface area contributed by atoms with Gasteiger partial charge in [-0.25, -0.2) is 4.98 Å². The van der Waals surface area contributed by atoms with Crippen LogP contribution in [0.5, 0.6) is 5.75 Å². The highest BCUT2D eigenvalue weighted by molar-refractivity contribution is 5.94. The molecule has 0 radical (unpaired) electrons. The van der Waals surface area contributed by atoms with Gasteiger partial charge in [0.25, 0.3) is 5.91 Å². The molecule has 0 atom stereocenters. The molecule has 8 heteroatoms. The average Bonchev–Trinajstić information content (AvgIpc) is 2.99. The van der Waals surface area contributed by atoms with Gasteiger partial charge in [-0.1, -0.05) is 24.0 Å². The van der Waals surface area contributed by atoms with Crippen molar-refractivity contribution in [2.75, 3.05) is 13.2 Å². The first-order chi connectivity index (χ1) is 13.4. The molecule has 28 heavy (non-hydrogen) atoms. The molecule has 2 aromatic heterocycles. The number of rotatable bonds is 4. The van der Waals surface area contributed by atoms with Gasteiger partial charge in [0.15, 0.2) is 0 Å². The summed E-state index contributed by atoms with van der Waals surface area (Å²) < 4.78 is 44.8. The number of nitrogens with one attached hydrogen (secondary N) is 1. The minimum absolute atomic E-state index is 0.0737. The van der Waals surface area contributed by atoms with E-state index in [4.69, 9.17) is 4.74 Å². The Labute approximate surface area is 159 Å². The van der Waals surface area contributed by atoms with Gasteiger partial charge < -0.3 is 10.1 Å². The first kappa shape index (κ1) is 19.3. The Kier molecular flexibility index (Phi) is 5.54. The predicted octanol–water partition coefficient (Wildman–Crippen LogP) is 3.47. The van der Waals surface area contributed by atoms with E-state index in [-0.39, 0.29) is 24.8 Å². The van der Waals surface area contributed by atoms with Gasteiger partial charge in [0, 0.05) is 6.20 Å². The van der Waals surface area contributed by atoms with Crippen LogP contribution in [-0.4, -0.2) is 28.4 Å². The summed E-state index contributed by atoms with van der Waals surface area (Å²) in [5.41, 5.74) is 0.918.